The van der Waals surface area contributed by atoms with Crippen LogP contribution in [-0.2, 0) is 4.79 Å². The van der Waals surface area contributed by atoms with Gasteiger partial charge < -0.3 is 15.7 Å². The first-order valence-corrected chi connectivity index (χ1v) is 6.72. The smallest absolute Gasteiger partial charge is 0.292 e. The molecule has 0 aliphatic carbocycles. The summed E-state index contributed by atoms with van der Waals surface area (Å²) in [5.41, 5.74) is 5.86. The van der Waals surface area contributed by atoms with Crippen molar-refractivity contribution in [3.63, 3.8) is 0 Å². The summed E-state index contributed by atoms with van der Waals surface area (Å²) in [5.74, 6) is -0.343. The Morgan fingerprint density at radius 2 is 2.05 bits per heavy atom. The summed E-state index contributed by atoms with van der Waals surface area (Å²) in [5, 5.41) is 20.8. The molecule has 0 saturated heterocycles. The van der Waals surface area contributed by atoms with Crippen molar-refractivity contribution in [2.24, 2.45) is 11.7 Å². The Labute approximate surface area is 123 Å². The molecule has 0 aliphatic heterocycles. The van der Waals surface area contributed by atoms with Gasteiger partial charge in [-0.1, -0.05) is 19.9 Å². The van der Waals surface area contributed by atoms with E-state index < -0.39 is 16.9 Å². The summed E-state index contributed by atoms with van der Waals surface area (Å²) < 4.78 is 0. The number of nitrogens with two attached hydrogens (primary N) is 1. The van der Waals surface area contributed by atoms with Gasteiger partial charge in [0.25, 0.3) is 5.69 Å². The molecule has 1 amide bonds. The molecule has 3 N–H and O–H groups in total. The molecular weight excluding hydrogens is 274 g/mol. The molecule has 1 aromatic carbocycles. The molecule has 0 radical (unpaired) electrons. The molecule has 0 heterocycles. The van der Waals surface area contributed by atoms with Gasteiger partial charge in [0.2, 0.25) is 5.91 Å². The average molecular weight is 295 g/mol. The van der Waals surface area contributed by atoms with Crippen LogP contribution in [0.4, 0.5) is 11.4 Å². The number of aliphatic hydroxyl groups is 1. The highest BCUT2D eigenvalue weighted by Gasteiger charge is 2.22. The van der Waals surface area contributed by atoms with Gasteiger partial charge in [-0.2, -0.15) is 0 Å². The molecule has 0 aliphatic rings. The summed E-state index contributed by atoms with van der Waals surface area (Å²) in [7, 11) is 0. The number of benzene rings is 1. The van der Waals surface area contributed by atoms with E-state index >= 15 is 0 Å². The maximum absolute atomic E-state index is 11.3. The first-order valence-electron chi connectivity index (χ1n) is 6.72. The number of anilines is 1. The minimum atomic E-state index is -0.799. The maximum Gasteiger partial charge on any atom is 0.292 e. The number of hydrogen-bond acceptors (Lipinski definition) is 5. The number of primary amides is 1. The zero-order chi connectivity index (χ0) is 16.2. The number of aliphatic hydroxyl groups excluding tert-OH is 1. The van der Waals surface area contributed by atoms with Crippen molar-refractivity contribution in [2.75, 3.05) is 18.0 Å². The zero-order valence-electron chi connectivity index (χ0n) is 12.4. The minimum Gasteiger partial charge on any atom is -0.389 e. The summed E-state index contributed by atoms with van der Waals surface area (Å²) >= 11 is 0. The van der Waals surface area contributed by atoms with Crippen LogP contribution in [0.2, 0.25) is 0 Å². The van der Waals surface area contributed by atoms with Crippen molar-refractivity contribution in [2.45, 2.75) is 26.9 Å². The first-order chi connectivity index (χ1) is 9.72. The van der Waals surface area contributed by atoms with E-state index in [0.29, 0.717) is 17.8 Å². The summed E-state index contributed by atoms with van der Waals surface area (Å²) in [6, 6.07) is 4.49. The van der Waals surface area contributed by atoms with E-state index in [4.69, 9.17) is 5.73 Å². The lowest BCUT2D eigenvalue weighted by Gasteiger charge is -2.25. The molecule has 7 nitrogen and oxygen atoms in total. The van der Waals surface area contributed by atoms with Crippen molar-refractivity contribution in [3.05, 3.63) is 33.9 Å². The summed E-state index contributed by atoms with van der Waals surface area (Å²) in [6.07, 6.45) is -0.799. The lowest BCUT2D eigenvalue weighted by molar-refractivity contribution is -0.384. The van der Waals surface area contributed by atoms with Gasteiger partial charge in [0.05, 0.1) is 17.6 Å². The Balaban J connectivity index is 3.28. The van der Waals surface area contributed by atoms with Crippen LogP contribution in [0.1, 0.15) is 32.4 Å². The normalized spacial score (nSPS) is 12.2. The van der Waals surface area contributed by atoms with E-state index in [1.54, 1.807) is 17.0 Å². The van der Waals surface area contributed by atoms with Crippen LogP contribution in [0.5, 0.6) is 0 Å². The highest BCUT2D eigenvalue weighted by molar-refractivity contribution is 5.81. The van der Waals surface area contributed by atoms with Crippen molar-refractivity contribution >= 4 is 17.3 Å². The molecule has 0 unspecified atom stereocenters. The maximum atomic E-state index is 11.3. The molecule has 0 saturated carbocycles. The number of rotatable bonds is 7. The number of nitro benzene ring substituents is 1. The van der Waals surface area contributed by atoms with Crippen molar-refractivity contribution in [1.29, 1.82) is 0 Å². The lowest BCUT2D eigenvalue weighted by atomic mass is 10.1. The number of nitro groups is 1. The van der Waals surface area contributed by atoms with Crippen LogP contribution in [0.3, 0.4) is 0 Å². The summed E-state index contributed by atoms with van der Waals surface area (Å²) in [4.78, 5) is 23.5. The molecule has 7 heteroatoms. The highest BCUT2D eigenvalue weighted by Crippen LogP contribution is 2.31. The van der Waals surface area contributed by atoms with Crippen LogP contribution >= 0.6 is 0 Å². The molecule has 0 bridgehead atoms. The fourth-order valence-electron chi connectivity index (χ4n) is 2.09. The van der Waals surface area contributed by atoms with Crippen molar-refractivity contribution in [1.82, 2.24) is 0 Å². The van der Waals surface area contributed by atoms with Crippen LogP contribution in [0, 0.1) is 16.0 Å². The molecule has 0 fully saturated rings. The van der Waals surface area contributed by atoms with Crippen molar-refractivity contribution < 1.29 is 14.8 Å². The summed E-state index contributed by atoms with van der Waals surface area (Å²) in [6.45, 7) is 5.81. The number of nitrogens with zero attached hydrogens (tertiary/aromatic N) is 2. The third-order valence-corrected chi connectivity index (χ3v) is 2.95. The second-order valence-corrected chi connectivity index (χ2v) is 5.42. The van der Waals surface area contributed by atoms with Gasteiger partial charge in [-0.3, -0.25) is 14.9 Å². The van der Waals surface area contributed by atoms with E-state index in [-0.39, 0.29) is 18.2 Å². The highest BCUT2D eigenvalue weighted by atomic mass is 16.6. The number of carbonyl (C=O) groups excluding carboxylic acids is 1. The zero-order valence-corrected chi connectivity index (χ0v) is 12.4. The first kappa shape index (κ1) is 16.9. The number of amides is 1. The third-order valence-electron chi connectivity index (χ3n) is 2.95. The van der Waals surface area contributed by atoms with Gasteiger partial charge in [0.15, 0.2) is 0 Å². The predicted octanol–water partition coefficient (Wildman–Crippen LogP) is 1.60. The lowest BCUT2D eigenvalue weighted by Crippen LogP contribution is -2.36. The Bertz CT molecular complexity index is 529. The van der Waals surface area contributed by atoms with Gasteiger partial charge in [0, 0.05) is 12.6 Å². The van der Waals surface area contributed by atoms with Crippen LogP contribution in [0.15, 0.2) is 18.2 Å². The Morgan fingerprint density at radius 1 is 1.43 bits per heavy atom. The molecular formula is C14H21N3O4. The van der Waals surface area contributed by atoms with E-state index in [1.807, 2.05) is 13.8 Å². The Hall–Kier alpha value is -2.15. The van der Waals surface area contributed by atoms with Gasteiger partial charge in [-0.05, 0) is 24.5 Å². The largest absolute Gasteiger partial charge is 0.389 e. The molecule has 0 aromatic heterocycles. The standard InChI is InChI=1S/C14H21N3O4/c1-9(2)7-16(8-14(15)19)12-5-4-11(10(3)18)6-13(12)17(20)21/h4-6,9-10,18H,7-8H2,1-3H3,(H2,15,19)/t10-/m1/s1. The Kier molecular flexibility index (Phi) is 5.66. The third kappa shape index (κ3) is 4.71. The van der Waals surface area contributed by atoms with E-state index in [2.05, 4.69) is 0 Å². The van der Waals surface area contributed by atoms with E-state index in [1.165, 1.54) is 13.0 Å². The second-order valence-electron chi connectivity index (χ2n) is 5.42. The fraction of sp³-hybridized carbons (Fsp3) is 0.500. The SMILES string of the molecule is CC(C)CN(CC(N)=O)c1ccc([C@@H](C)O)cc1[N+](=O)[O-]. The quantitative estimate of drug-likeness (QED) is 0.586. The average Bonchev–Trinajstić information content (AvgIpc) is 2.35. The van der Waals surface area contributed by atoms with Gasteiger partial charge in [0.1, 0.15) is 5.69 Å². The second kappa shape index (κ2) is 7.03. The Morgan fingerprint density at radius 3 is 2.48 bits per heavy atom. The van der Waals surface area contributed by atoms with Crippen LogP contribution in [-0.4, -0.2) is 29.0 Å². The van der Waals surface area contributed by atoms with Crippen LogP contribution in [0.25, 0.3) is 0 Å². The van der Waals surface area contributed by atoms with Gasteiger partial charge in [-0.15, -0.1) is 0 Å². The van der Waals surface area contributed by atoms with Crippen LogP contribution < -0.4 is 10.6 Å². The number of hydrogen-bond donors (Lipinski definition) is 2. The topological polar surface area (TPSA) is 110 Å². The van der Waals surface area contributed by atoms with Gasteiger partial charge in [-0.25, -0.2) is 0 Å². The molecule has 1 rings (SSSR count). The van der Waals surface area contributed by atoms with Crippen molar-refractivity contribution in [3.8, 4) is 0 Å². The van der Waals surface area contributed by atoms with Gasteiger partial charge >= 0.3 is 0 Å². The molecule has 0 spiro atoms. The monoisotopic (exact) mass is 295 g/mol. The van der Waals surface area contributed by atoms with E-state index in [0.717, 1.165) is 0 Å². The number of carbonyl (C=O) groups is 1. The fourth-order valence-corrected chi connectivity index (χ4v) is 2.09. The molecule has 1 atom stereocenters. The minimum absolute atomic E-state index is 0.0902. The molecule has 21 heavy (non-hydrogen) atoms. The molecule has 1 aromatic rings. The predicted molar refractivity (Wildman–Crippen MR) is 80.0 cm³/mol. The molecule has 116 valence electrons. The van der Waals surface area contributed by atoms with E-state index in [9.17, 15) is 20.0 Å².